The molecule has 6 heteroatoms. The molecule has 0 atom stereocenters. The Bertz CT molecular complexity index is 1050. The highest BCUT2D eigenvalue weighted by molar-refractivity contribution is 8.00. The van der Waals surface area contributed by atoms with Crippen LogP contribution in [0.15, 0.2) is 46.8 Å². The van der Waals surface area contributed by atoms with Crippen LogP contribution in [0, 0.1) is 11.3 Å². The van der Waals surface area contributed by atoms with E-state index in [2.05, 4.69) is 12.1 Å². The number of thiophene rings is 1. The van der Waals surface area contributed by atoms with Crippen molar-refractivity contribution in [3.8, 4) is 16.5 Å². The number of nitriles is 1. The van der Waals surface area contributed by atoms with Crippen LogP contribution in [0.25, 0.3) is 10.4 Å². The number of carbonyl (C=O) groups excluding carboxylic acids is 1. The SMILES string of the molecule is N#Cc1c(SCC(=O)c2ccc(Cl)cc2)nc2c(c1-c1cccs1)CCCC2. The van der Waals surface area contributed by atoms with Gasteiger partial charge in [-0.25, -0.2) is 4.98 Å². The number of nitrogens with zero attached hydrogens (tertiary/aromatic N) is 2. The Hall–Kier alpha value is -2.13. The van der Waals surface area contributed by atoms with Crippen molar-refractivity contribution in [1.82, 2.24) is 4.98 Å². The second-order valence-electron chi connectivity index (χ2n) is 6.61. The van der Waals surface area contributed by atoms with E-state index in [4.69, 9.17) is 16.6 Å². The van der Waals surface area contributed by atoms with E-state index in [1.165, 1.54) is 17.3 Å². The molecular formula is C22H17ClN2OS2. The molecular weight excluding hydrogens is 408 g/mol. The average molecular weight is 425 g/mol. The van der Waals surface area contributed by atoms with E-state index in [-0.39, 0.29) is 11.5 Å². The number of aromatic nitrogens is 1. The van der Waals surface area contributed by atoms with E-state index >= 15 is 0 Å². The lowest BCUT2D eigenvalue weighted by atomic mass is 9.89. The van der Waals surface area contributed by atoms with E-state index in [0.717, 1.165) is 41.8 Å². The summed E-state index contributed by atoms with van der Waals surface area (Å²) < 4.78 is 0. The molecule has 0 bridgehead atoms. The van der Waals surface area contributed by atoms with Gasteiger partial charge in [0.25, 0.3) is 0 Å². The molecule has 0 spiro atoms. The van der Waals surface area contributed by atoms with Crippen LogP contribution in [0.2, 0.25) is 5.02 Å². The molecule has 28 heavy (non-hydrogen) atoms. The second-order valence-corrected chi connectivity index (χ2v) is 8.96. The third-order valence-corrected chi connectivity index (χ3v) is 6.94. The zero-order chi connectivity index (χ0) is 19.5. The molecule has 1 aliphatic rings. The first kappa shape index (κ1) is 19.2. The van der Waals surface area contributed by atoms with Crippen LogP contribution in [-0.4, -0.2) is 16.5 Å². The number of benzene rings is 1. The summed E-state index contributed by atoms with van der Waals surface area (Å²) in [6, 6.07) is 13.3. The Morgan fingerprint density at radius 1 is 1.21 bits per heavy atom. The third-order valence-electron chi connectivity index (χ3n) is 4.83. The van der Waals surface area contributed by atoms with Crippen LogP contribution in [-0.2, 0) is 12.8 Å². The zero-order valence-corrected chi connectivity index (χ0v) is 17.5. The lowest BCUT2D eigenvalue weighted by Crippen LogP contribution is -2.11. The van der Waals surface area contributed by atoms with Gasteiger partial charge < -0.3 is 0 Å². The predicted octanol–water partition coefficient (Wildman–Crippen LogP) is 6.19. The van der Waals surface area contributed by atoms with Crippen molar-refractivity contribution in [1.29, 1.82) is 5.26 Å². The van der Waals surface area contributed by atoms with E-state index in [9.17, 15) is 10.1 Å². The summed E-state index contributed by atoms with van der Waals surface area (Å²) in [5.74, 6) is 0.245. The van der Waals surface area contributed by atoms with Gasteiger partial charge in [0.15, 0.2) is 5.78 Å². The summed E-state index contributed by atoms with van der Waals surface area (Å²) in [5.41, 5.74) is 4.52. The minimum atomic E-state index is 0.00255. The number of hydrogen-bond acceptors (Lipinski definition) is 5. The molecule has 0 aliphatic heterocycles. The lowest BCUT2D eigenvalue weighted by molar-refractivity contribution is 0.102. The van der Waals surface area contributed by atoms with Crippen LogP contribution < -0.4 is 0 Å². The predicted molar refractivity (Wildman–Crippen MR) is 115 cm³/mol. The second kappa shape index (κ2) is 8.48. The highest BCUT2D eigenvalue weighted by Crippen LogP contribution is 2.39. The molecule has 2 heterocycles. The van der Waals surface area contributed by atoms with Crippen molar-refractivity contribution in [3.63, 3.8) is 0 Å². The molecule has 0 unspecified atom stereocenters. The minimum absolute atomic E-state index is 0.00255. The van der Waals surface area contributed by atoms with Crippen molar-refractivity contribution in [2.24, 2.45) is 0 Å². The number of Topliss-reactive ketones (excluding diaryl/α,β-unsaturated/α-hetero) is 1. The quantitative estimate of drug-likeness (QED) is 0.362. The monoisotopic (exact) mass is 424 g/mol. The zero-order valence-electron chi connectivity index (χ0n) is 15.1. The molecule has 0 saturated carbocycles. The van der Waals surface area contributed by atoms with Gasteiger partial charge in [-0.15, -0.1) is 11.3 Å². The Kier molecular flexibility index (Phi) is 5.82. The Morgan fingerprint density at radius 3 is 2.71 bits per heavy atom. The summed E-state index contributed by atoms with van der Waals surface area (Å²) in [5, 5.41) is 13.2. The summed E-state index contributed by atoms with van der Waals surface area (Å²) in [6.07, 6.45) is 4.13. The molecule has 0 saturated heterocycles. The van der Waals surface area contributed by atoms with Crippen LogP contribution in [0.1, 0.15) is 40.0 Å². The maximum Gasteiger partial charge on any atom is 0.173 e. The van der Waals surface area contributed by atoms with Gasteiger partial charge in [0.2, 0.25) is 0 Å². The molecule has 3 aromatic rings. The van der Waals surface area contributed by atoms with E-state index < -0.39 is 0 Å². The number of hydrogen-bond donors (Lipinski definition) is 0. The number of ketones is 1. The number of halogens is 1. The molecule has 1 aliphatic carbocycles. The maximum absolute atomic E-state index is 12.6. The van der Waals surface area contributed by atoms with Crippen molar-refractivity contribution in [3.05, 3.63) is 69.2 Å². The Balaban J connectivity index is 1.69. The molecule has 0 N–H and O–H groups in total. The highest BCUT2D eigenvalue weighted by Gasteiger charge is 2.24. The van der Waals surface area contributed by atoms with Crippen LogP contribution in [0.4, 0.5) is 0 Å². The summed E-state index contributed by atoms with van der Waals surface area (Å²) in [7, 11) is 0. The smallest absolute Gasteiger partial charge is 0.173 e. The van der Waals surface area contributed by atoms with E-state index in [1.54, 1.807) is 35.6 Å². The first-order valence-electron chi connectivity index (χ1n) is 9.08. The molecule has 0 fully saturated rings. The lowest BCUT2D eigenvalue weighted by Gasteiger charge is -2.21. The van der Waals surface area contributed by atoms with Gasteiger partial charge in [0, 0.05) is 26.7 Å². The highest BCUT2D eigenvalue weighted by atomic mass is 35.5. The van der Waals surface area contributed by atoms with Gasteiger partial charge in [0.05, 0.1) is 11.3 Å². The Morgan fingerprint density at radius 2 is 2.00 bits per heavy atom. The van der Waals surface area contributed by atoms with E-state index in [0.29, 0.717) is 21.2 Å². The van der Waals surface area contributed by atoms with Crippen molar-refractivity contribution >= 4 is 40.5 Å². The van der Waals surface area contributed by atoms with Gasteiger partial charge in [-0.05, 0) is 67.0 Å². The fourth-order valence-electron chi connectivity index (χ4n) is 3.47. The van der Waals surface area contributed by atoms with Crippen molar-refractivity contribution in [2.45, 2.75) is 30.7 Å². The standard InChI is InChI=1S/C22H17ClN2OS2/c23-15-9-7-14(8-10-15)19(26)13-28-22-17(12-24)21(20-6-3-11-27-20)16-4-1-2-5-18(16)25-22/h3,6-11H,1-2,4-5,13H2. The summed E-state index contributed by atoms with van der Waals surface area (Å²) in [6.45, 7) is 0. The van der Waals surface area contributed by atoms with Gasteiger partial charge in [0.1, 0.15) is 11.1 Å². The number of rotatable bonds is 5. The molecule has 1 aromatic carbocycles. The van der Waals surface area contributed by atoms with Gasteiger partial charge >= 0.3 is 0 Å². The summed E-state index contributed by atoms with van der Waals surface area (Å²) in [4.78, 5) is 18.5. The number of pyridine rings is 1. The number of fused-ring (bicyclic) bond motifs is 1. The molecule has 0 radical (unpaired) electrons. The normalized spacial score (nSPS) is 13.0. The number of carbonyl (C=O) groups is 1. The van der Waals surface area contributed by atoms with Crippen molar-refractivity contribution in [2.75, 3.05) is 5.75 Å². The molecule has 0 amide bonds. The molecule has 3 nitrogen and oxygen atoms in total. The minimum Gasteiger partial charge on any atom is -0.293 e. The van der Waals surface area contributed by atoms with Crippen molar-refractivity contribution < 1.29 is 4.79 Å². The first-order valence-corrected chi connectivity index (χ1v) is 11.3. The van der Waals surface area contributed by atoms with Crippen LogP contribution in [0.5, 0.6) is 0 Å². The van der Waals surface area contributed by atoms with Gasteiger partial charge in [-0.2, -0.15) is 5.26 Å². The van der Waals surface area contributed by atoms with Gasteiger partial charge in [-0.3, -0.25) is 4.79 Å². The topological polar surface area (TPSA) is 53.8 Å². The Labute approximate surface area is 177 Å². The molecule has 4 rings (SSSR count). The fourth-order valence-corrected chi connectivity index (χ4v) is 5.30. The van der Waals surface area contributed by atoms with Crippen LogP contribution in [0.3, 0.4) is 0 Å². The third kappa shape index (κ3) is 3.86. The van der Waals surface area contributed by atoms with E-state index in [1.807, 2.05) is 11.4 Å². The first-order chi connectivity index (χ1) is 13.7. The average Bonchev–Trinajstić information content (AvgIpc) is 3.25. The van der Waals surface area contributed by atoms with Gasteiger partial charge in [-0.1, -0.05) is 29.4 Å². The molecule has 2 aromatic heterocycles. The number of thioether (sulfide) groups is 1. The maximum atomic E-state index is 12.6. The van der Waals surface area contributed by atoms with Crippen LogP contribution >= 0.6 is 34.7 Å². The molecule has 140 valence electrons. The number of aryl methyl sites for hydroxylation is 1. The fraction of sp³-hybridized carbons (Fsp3) is 0.227. The summed E-state index contributed by atoms with van der Waals surface area (Å²) >= 11 is 8.89. The largest absolute Gasteiger partial charge is 0.293 e.